The quantitative estimate of drug-likeness (QED) is 0.479. The summed E-state index contributed by atoms with van der Waals surface area (Å²) in [6, 6.07) is 3.22. The minimum absolute atomic E-state index is 0.144. The number of hydrogen-bond acceptors (Lipinski definition) is 6. The van der Waals surface area contributed by atoms with Crippen molar-refractivity contribution in [3.8, 4) is 5.95 Å². The van der Waals surface area contributed by atoms with Crippen LogP contribution in [0.25, 0.3) is 17.0 Å². The number of nitrogens with zero attached hydrogens (tertiary/aromatic N) is 6. The van der Waals surface area contributed by atoms with Gasteiger partial charge >= 0.3 is 0 Å². The molecule has 0 amide bonds. The van der Waals surface area contributed by atoms with Gasteiger partial charge in [-0.3, -0.25) is 4.79 Å². The summed E-state index contributed by atoms with van der Waals surface area (Å²) < 4.78 is 20.2. The van der Waals surface area contributed by atoms with Crippen LogP contribution in [0, 0.1) is 5.82 Å². The van der Waals surface area contributed by atoms with Crippen molar-refractivity contribution >= 4 is 22.7 Å². The predicted molar refractivity (Wildman–Crippen MR) is 129 cm³/mol. The first-order valence-corrected chi connectivity index (χ1v) is 11.5. The maximum atomic E-state index is 14.8. The molecule has 2 N–H and O–H groups in total. The first-order valence-electron chi connectivity index (χ1n) is 11.5. The molecule has 0 unspecified atom stereocenters. The lowest BCUT2D eigenvalue weighted by atomic mass is 10.00. The molecular formula is C24H29FN8O. The largest absolute Gasteiger partial charge is 0.322 e. The second-order valence-corrected chi connectivity index (χ2v) is 9.91. The van der Waals surface area contributed by atoms with Gasteiger partial charge < -0.3 is 15.2 Å². The highest BCUT2D eigenvalue weighted by Crippen LogP contribution is 2.27. The molecular weight excluding hydrogens is 435 g/mol. The Bertz CT molecular complexity index is 1440. The second-order valence-electron chi connectivity index (χ2n) is 9.91. The van der Waals surface area contributed by atoms with Crippen molar-refractivity contribution in [2.75, 3.05) is 11.9 Å². The van der Waals surface area contributed by atoms with Crippen LogP contribution >= 0.6 is 0 Å². The zero-order valence-electron chi connectivity index (χ0n) is 20.1. The van der Waals surface area contributed by atoms with Crippen molar-refractivity contribution in [2.24, 2.45) is 0 Å². The van der Waals surface area contributed by atoms with E-state index < -0.39 is 0 Å². The van der Waals surface area contributed by atoms with E-state index in [0.717, 1.165) is 24.1 Å². The van der Waals surface area contributed by atoms with E-state index in [0.29, 0.717) is 29.2 Å². The lowest BCUT2D eigenvalue weighted by Gasteiger charge is -2.25. The standard InChI is InChI=1S/C24H29FN8O/c1-14(2)32-21(34)17-13-28-22(29-19-11-15-6-7-26-12-16(15)10-18(19)25)30-20(17)33(32)23-27-8-9-31(23)24(3,4)5/h8-11,13-14,26H,6-7,12H2,1-5H3,(H,28,29,30). The van der Waals surface area contributed by atoms with Gasteiger partial charge in [-0.1, -0.05) is 0 Å². The Hall–Kier alpha value is -3.53. The van der Waals surface area contributed by atoms with Crippen molar-refractivity contribution < 1.29 is 4.39 Å². The summed E-state index contributed by atoms with van der Waals surface area (Å²) in [6.07, 6.45) is 5.91. The molecule has 0 atom stereocenters. The van der Waals surface area contributed by atoms with Crippen LogP contribution in [0.2, 0.25) is 0 Å². The molecule has 0 bridgehead atoms. The van der Waals surface area contributed by atoms with Gasteiger partial charge in [0, 0.05) is 36.7 Å². The van der Waals surface area contributed by atoms with Gasteiger partial charge in [0.2, 0.25) is 11.9 Å². The van der Waals surface area contributed by atoms with Crippen LogP contribution in [-0.2, 0) is 18.5 Å². The van der Waals surface area contributed by atoms with Crippen molar-refractivity contribution in [3.05, 3.63) is 58.0 Å². The number of hydrogen-bond donors (Lipinski definition) is 2. The number of benzene rings is 1. The first-order chi connectivity index (χ1) is 16.1. The molecule has 1 aliphatic rings. The van der Waals surface area contributed by atoms with E-state index >= 15 is 0 Å². The molecule has 0 aliphatic carbocycles. The molecule has 0 spiro atoms. The zero-order valence-corrected chi connectivity index (χ0v) is 20.1. The van der Waals surface area contributed by atoms with Gasteiger partial charge in [-0.15, -0.1) is 0 Å². The van der Waals surface area contributed by atoms with Gasteiger partial charge in [0.15, 0.2) is 5.65 Å². The zero-order chi connectivity index (χ0) is 24.2. The van der Waals surface area contributed by atoms with Crippen LogP contribution in [0.5, 0.6) is 0 Å². The average molecular weight is 465 g/mol. The highest BCUT2D eigenvalue weighted by Gasteiger charge is 2.25. The fraction of sp³-hybridized carbons (Fsp3) is 0.417. The van der Waals surface area contributed by atoms with Crippen molar-refractivity contribution in [3.63, 3.8) is 0 Å². The normalized spacial score (nSPS) is 14.1. The number of aromatic nitrogens is 6. The van der Waals surface area contributed by atoms with E-state index in [1.165, 1.54) is 6.20 Å². The Morgan fingerprint density at radius 1 is 1.18 bits per heavy atom. The maximum absolute atomic E-state index is 14.8. The lowest BCUT2D eigenvalue weighted by Crippen LogP contribution is -2.29. The van der Waals surface area contributed by atoms with Crippen molar-refractivity contribution in [1.29, 1.82) is 0 Å². The molecule has 0 radical (unpaired) electrons. The fourth-order valence-electron chi connectivity index (χ4n) is 4.41. The number of halogens is 1. The molecule has 4 aromatic rings. The van der Waals surface area contributed by atoms with Crippen LogP contribution in [0.1, 0.15) is 51.8 Å². The molecule has 10 heteroatoms. The topological polar surface area (TPSA) is 94.6 Å². The number of imidazole rings is 1. The average Bonchev–Trinajstić information content (AvgIpc) is 3.37. The summed E-state index contributed by atoms with van der Waals surface area (Å²) >= 11 is 0. The van der Waals surface area contributed by atoms with E-state index in [1.807, 2.05) is 30.7 Å². The molecule has 5 rings (SSSR count). The number of rotatable bonds is 4. The molecule has 0 fully saturated rings. The molecule has 4 heterocycles. The predicted octanol–water partition coefficient (Wildman–Crippen LogP) is 3.64. The summed E-state index contributed by atoms with van der Waals surface area (Å²) in [5, 5.41) is 6.65. The van der Waals surface area contributed by atoms with Crippen LogP contribution < -0.4 is 16.2 Å². The van der Waals surface area contributed by atoms with E-state index in [4.69, 9.17) is 0 Å². The minimum atomic E-state index is -0.369. The van der Waals surface area contributed by atoms with Crippen LogP contribution in [0.3, 0.4) is 0 Å². The van der Waals surface area contributed by atoms with Gasteiger partial charge in [0.05, 0.1) is 5.69 Å². The monoisotopic (exact) mass is 464 g/mol. The van der Waals surface area contributed by atoms with Crippen LogP contribution in [-0.4, -0.2) is 35.4 Å². The van der Waals surface area contributed by atoms with Gasteiger partial charge in [-0.05, 0) is 70.8 Å². The molecule has 34 heavy (non-hydrogen) atoms. The fourth-order valence-corrected chi connectivity index (χ4v) is 4.41. The second kappa shape index (κ2) is 8.05. The van der Waals surface area contributed by atoms with E-state index in [-0.39, 0.29) is 28.9 Å². The van der Waals surface area contributed by atoms with E-state index in [1.54, 1.807) is 21.6 Å². The van der Waals surface area contributed by atoms with Gasteiger partial charge in [-0.25, -0.2) is 19.0 Å². The van der Waals surface area contributed by atoms with Gasteiger partial charge in [0.1, 0.15) is 11.2 Å². The van der Waals surface area contributed by atoms with Crippen molar-refractivity contribution in [1.82, 2.24) is 34.2 Å². The summed E-state index contributed by atoms with van der Waals surface area (Å²) in [5.74, 6) is 0.417. The smallest absolute Gasteiger partial charge is 0.278 e. The molecule has 0 saturated carbocycles. The summed E-state index contributed by atoms with van der Waals surface area (Å²) in [5.41, 5.74) is 2.31. The highest BCUT2D eigenvalue weighted by molar-refractivity contribution is 5.77. The van der Waals surface area contributed by atoms with Crippen LogP contribution in [0.4, 0.5) is 16.0 Å². The Morgan fingerprint density at radius 3 is 2.71 bits per heavy atom. The molecule has 3 aromatic heterocycles. The van der Waals surface area contributed by atoms with E-state index in [2.05, 4.69) is 46.4 Å². The summed E-state index contributed by atoms with van der Waals surface area (Å²) in [4.78, 5) is 26.8. The van der Waals surface area contributed by atoms with Crippen molar-refractivity contribution in [2.45, 2.75) is 59.2 Å². The SMILES string of the molecule is CC(C)n1c(=O)c2cnc(Nc3cc4c(cc3F)CNCC4)nc2n1-c1nccn1C(C)(C)C. The van der Waals surface area contributed by atoms with Crippen LogP contribution in [0.15, 0.2) is 35.5 Å². The summed E-state index contributed by atoms with van der Waals surface area (Å²) in [6.45, 7) is 11.6. The third-order valence-corrected chi connectivity index (χ3v) is 6.07. The maximum Gasteiger partial charge on any atom is 0.278 e. The highest BCUT2D eigenvalue weighted by atomic mass is 19.1. The number of fused-ring (bicyclic) bond motifs is 2. The lowest BCUT2D eigenvalue weighted by molar-refractivity contribution is 0.373. The first kappa shape index (κ1) is 22.3. The number of anilines is 2. The Labute approximate surface area is 196 Å². The molecule has 0 saturated heterocycles. The van der Waals surface area contributed by atoms with Gasteiger partial charge in [-0.2, -0.15) is 9.67 Å². The molecule has 9 nitrogen and oxygen atoms in total. The minimum Gasteiger partial charge on any atom is -0.322 e. The Kier molecular flexibility index (Phi) is 5.27. The third kappa shape index (κ3) is 3.67. The Morgan fingerprint density at radius 2 is 1.97 bits per heavy atom. The molecule has 1 aliphatic heterocycles. The molecule has 1 aromatic carbocycles. The van der Waals surface area contributed by atoms with E-state index in [9.17, 15) is 9.18 Å². The summed E-state index contributed by atoms with van der Waals surface area (Å²) in [7, 11) is 0. The third-order valence-electron chi connectivity index (χ3n) is 6.07. The number of nitrogens with one attached hydrogen (secondary N) is 2. The molecule has 178 valence electrons. The Balaban J connectivity index is 1.66. The van der Waals surface area contributed by atoms with Gasteiger partial charge in [0.25, 0.3) is 5.56 Å².